The zero-order valence-corrected chi connectivity index (χ0v) is 10.2. The van der Waals surface area contributed by atoms with E-state index >= 15 is 0 Å². The highest BCUT2D eigenvalue weighted by Gasteiger charge is 2.35. The topological polar surface area (TPSA) is 54.5 Å². The van der Waals surface area contributed by atoms with E-state index in [1.807, 2.05) is 0 Å². The number of thiocarbonyl (C=S) groups is 1. The second kappa shape index (κ2) is 4.10. The number of carbonyl (C=O) groups is 3. The summed E-state index contributed by atoms with van der Waals surface area (Å²) in [5.74, 6) is -1.18. The number of carbonyl (C=O) groups excluding carboxylic acids is 3. The second-order valence-electron chi connectivity index (χ2n) is 3.67. The van der Waals surface area contributed by atoms with E-state index in [4.69, 9.17) is 12.2 Å². The third kappa shape index (κ3) is 1.82. The number of Topliss-reactive ketones (excluding diaryl/α,β-unsaturated/α-hetero) is 2. The SMILES string of the molecule is CN1C(=O)C(=CC2C(=O)CCC2=O)SC1=S. The first-order valence-electron chi connectivity index (χ1n) is 4.78. The lowest BCUT2D eigenvalue weighted by Gasteiger charge is -2.04. The molecule has 0 atom stereocenters. The third-order valence-corrected chi connectivity index (χ3v) is 4.12. The zero-order chi connectivity index (χ0) is 11.9. The molecule has 1 aliphatic carbocycles. The van der Waals surface area contributed by atoms with E-state index in [9.17, 15) is 14.4 Å². The molecule has 0 aromatic rings. The predicted molar refractivity (Wildman–Crippen MR) is 63.8 cm³/mol. The van der Waals surface area contributed by atoms with Crippen LogP contribution in [0.1, 0.15) is 12.8 Å². The molecule has 16 heavy (non-hydrogen) atoms. The van der Waals surface area contributed by atoms with Crippen molar-refractivity contribution < 1.29 is 14.4 Å². The lowest BCUT2D eigenvalue weighted by molar-refractivity contribution is -0.125. The summed E-state index contributed by atoms with van der Waals surface area (Å²) in [4.78, 5) is 36.2. The van der Waals surface area contributed by atoms with Crippen LogP contribution in [0.5, 0.6) is 0 Å². The van der Waals surface area contributed by atoms with Gasteiger partial charge >= 0.3 is 0 Å². The summed E-state index contributed by atoms with van der Waals surface area (Å²) in [6, 6.07) is 0. The minimum Gasteiger partial charge on any atom is -0.299 e. The highest BCUT2D eigenvalue weighted by Crippen LogP contribution is 2.32. The Labute approximate surface area is 102 Å². The summed E-state index contributed by atoms with van der Waals surface area (Å²) < 4.78 is 0.453. The Morgan fingerprint density at radius 1 is 1.31 bits per heavy atom. The van der Waals surface area contributed by atoms with Crippen LogP contribution in [0.3, 0.4) is 0 Å². The Kier molecular flexibility index (Phi) is 2.94. The number of thioether (sulfide) groups is 1. The molecule has 1 heterocycles. The van der Waals surface area contributed by atoms with Gasteiger partial charge in [0, 0.05) is 19.9 Å². The molecule has 6 heteroatoms. The normalized spacial score (nSPS) is 25.3. The minimum atomic E-state index is -0.735. The maximum Gasteiger partial charge on any atom is 0.265 e. The van der Waals surface area contributed by atoms with Crippen LogP contribution < -0.4 is 0 Å². The van der Waals surface area contributed by atoms with Gasteiger partial charge in [-0.05, 0) is 6.08 Å². The molecule has 0 aromatic heterocycles. The predicted octanol–water partition coefficient (Wildman–Crippen LogP) is 0.909. The molecule has 0 unspecified atom stereocenters. The van der Waals surface area contributed by atoms with E-state index in [-0.39, 0.29) is 30.3 Å². The second-order valence-corrected chi connectivity index (χ2v) is 5.35. The number of hydrogen-bond acceptors (Lipinski definition) is 5. The number of amides is 1. The minimum absolute atomic E-state index is 0.105. The van der Waals surface area contributed by atoms with Gasteiger partial charge in [-0.1, -0.05) is 24.0 Å². The van der Waals surface area contributed by atoms with Gasteiger partial charge in [0.1, 0.15) is 15.9 Å². The fourth-order valence-electron chi connectivity index (χ4n) is 1.63. The molecular formula is C10H9NO3S2. The van der Waals surface area contributed by atoms with Crippen molar-refractivity contribution in [2.45, 2.75) is 12.8 Å². The van der Waals surface area contributed by atoms with Gasteiger partial charge in [-0.25, -0.2) is 0 Å². The first-order chi connectivity index (χ1) is 7.50. The van der Waals surface area contributed by atoms with Crippen LogP contribution in [0, 0.1) is 5.92 Å². The van der Waals surface area contributed by atoms with Crippen LogP contribution >= 0.6 is 24.0 Å². The smallest absolute Gasteiger partial charge is 0.265 e. The van der Waals surface area contributed by atoms with Gasteiger partial charge in [-0.3, -0.25) is 19.3 Å². The lowest BCUT2D eigenvalue weighted by atomic mass is 10.1. The molecular weight excluding hydrogens is 246 g/mol. The largest absolute Gasteiger partial charge is 0.299 e. The Balaban J connectivity index is 2.25. The summed E-state index contributed by atoms with van der Waals surface area (Å²) in [5.41, 5.74) is 0. The average Bonchev–Trinajstić information content (AvgIpc) is 2.67. The number of rotatable bonds is 1. The number of allylic oxidation sites excluding steroid dienone is 1. The Bertz CT molecular complexity index is 425. The van der Waals surface area contributed by atoms with E-state index in [1.54, 1.807) is 7.05 Å². The number of hydrogen-bond donors (Lipinski definition) is 0. The van der Waals surface area contributed by atoms with Crippen molar-refractivity contribution in [3.05, 3.63) is 11.0 Å². The van der Waals surface area contributed by atoms with Crippen molar-refractivity contribution in [2.75, 3.05) is 7.05 Å². The maximum absolute atomic E-state index is 11.6. The molecule has 2 rings (SSSR count). The van der Waals surface area contributed by atoms with Crippen LogP contribution in [0.2, 0.25) is 0 Å². The van der Waals surface area contributed by atoms with E-state index in [1.165, 1.54) is 11.0 Å². The van der Waals surface area contributed by atoms with Crippen molar-refractivity contribution in [3.63, 3.8) is 0 Å². The fraction of sp³-hybridized carbons (Fsp3) is 0.400. The van der Waals surface area contributed by atoms with Crippen molar-refractivity contribution >= 4 is 45.8 Å². The summed E-state index contributed by atoms with van der Waals surface area (Å²) >= 11 is 6.09. The molecule has 1 aliphatic heterocycles. The molecule has 2 aliphatic rings. The molecule has 0 N–H and O–H groups in total. The Morgan fingerprint density at radius 3 is 2.31 bits per heavy atom. The maximum atomic E-state index is 11.6. The van der Waals surface area contributed by atoms with Gasteiger partial charge in [-0.2, -0.15) is 0 Å². The third-order valence-electron chi connectivity index (χ3n) is 2.62. The number of nitrogens with zero attached hydrogens (tertiary/aromatic N) is 1. The van der Waals surface area contributed by atoms with Crippen LogP contribution in [-0.4, -0.2) is 33.7 Å². The van der Waals surface area contributed by atoms with Gasteiger partial charge in [0.25, 0.3) is 5.91 Å². The highest BCUT2D eigenvalue weighted by atomic mass is 32.2. The van der Waals surface area contributed by atoms with Gasteiger partial charge in [0.2, 0.25) is 0 Å². The number of likely N-dealkylation sites (N-methyl/N-ethyl adjacent to an activating group) is 1. The molecule has 0 radical (unpaired) electrons. The molecule has 1 amide bonds. The van der Waals surface area contributed by atoms with Crippen LogP contribution in [0.4, 0.5) is 0 Å². The number of ketones is 2. The average molecular weight is 255 g/mol. The van der Waals surface area contributed by atoms with Crippen molar-refractivity contribution in [3.8, 4) is 0 Å². The van der Waals surface area contributed by atoms with Gasteiger partial charge in [-0.15, -0.1) is 0 Å². The summed E-state index contributed by atoms with van der Waals surface area (Å²) in [6.07, 6.45) is 2.03. The monoisotopic (exact) mass is 255 g/mol. The summed E-state index contributed by atoms with van der Waals surface area (Å²) in [5, 5.41) is 0. The molecule has 1 saturated heterocycles. The van der Waals surface area contributed by atoms with Gasteiger partial charge in [0.15, 0.2) is 0 Å². The highest BCUT2D eigenvalue weighted by molar-refractivity contribution is 8.26. The van der Waals surface area contributed by atoms with Gasteiger partial charge < -0.3 is 0 Å². The molecule has 4 nitrogen and oxygen atoms in total. The molecule has 0 aromatic carbocycles. The summed E-state index contributed by atoms with van der Waals surface area (Å²) in [6.45, 7) is 0. The molecule has 0 bridgehead atoms. The van der Waals surface area contributed by atoms with E-state index in [2.05, 4.69) is 0 Å². The van der Waals surface area contributed by atoms with Crippen molar-refractivity contribution in [1.82, 2.24) is 4.90 Å². The summed E-state index contributed by atoms with van der Waals surface area (Å²) in [7, 11) is 1.58. The van der Waals surface area contributed by atoms with Gasteiger partial charge in [0.05, 0.1) is 10.8 Å². The van der Waals surface area contributed by atoms with Crippen LogP contribution in [0.25, 0.3) is 0 Å². The molecule has 84 valence electrons. The molecule has 2 fully saturated rings. The van der Waals surface area contributed by atoms with E-state index in [0.717, 1.165) is 11.8 Å². The standard InChI is InChI=1S/C10H9NO3S2/c1-11-9(14)8(16-10(11)15)4-5-6(12)2-3-7(5)13/h4-5H,2-3H2,1H3. The van der Waals surface area contributed by atoms with E-state index in [0.29, 0.717) is 9.23 Å². The lowest BCUT2D eigenvalue weighted by Crippen LogP contribution is -2.23. The zero-order valence-electron chi connectivity index (χ0n) is 8.56. The molecule has 0 spiro atoms. The van der Waals surface area contributed by atoms with Crippen LogP contribution in [-0.2, 0) is 14.4 Å². The quantitative estimate of drug-likeness (QED) is 0.396. The first-order valence-corrected chi connectivity index (χ1v) is 6.00. The molecule has 1 saturated carbocycles. The van der Waals surface area contributed by atoms with Crippen molar-refractivity contribution in [1.29, 1.82) is 0 Å². The fourth-order valence-corrected chi connectivity index (χ4v) is 2.82. The van der Waals surface area contributed by atoms with E-state index < -0.39 is 5.92 Å². The van der Waals surface area contributed by atoms with Crippen LogP contribution in [0.15, 0.2) is 11.0 Å². The Morgan fingerprint density at radius 2 is 1.88 bits per heavy atom. The Hall–Kier alpha value is -1.01. The first kappa shape index (κ1) is 11.5. The van der Waals surface area contributed by atoms with Crippen molar-refractivity contribution in [2.24, 2.45) is 5.92 Å².